The molecule has 21 heavy (non-hydrogen) atoms. The van der Waals surface area contributed by atoms with Crippen LogP contribution in [0.15, 0.2) is 48.5 Å². The SMILES string of the molecule is COc1ccc(OC)c(C(=O)C=Cc2ccc(F)cc2)c1. The summed E-state index contributed by atoms with van der Waals surface area (Å²) in [6.07, 6.45) is 3.05. The van der Waals surface area contributed by atoms with Crippen molar-refractivity contribution in [3.05, 3.63) is 65.5 Å². The van der Waals surface area contributed by atoms with Gasteiger partial charge in [-0.2, -0.15) is 0 Å². The number of ketones is 1. The van der Waals surface area contributed by atoms with Crippen LogP contribution in [0.25, 0.3) is 6.08 Å². The molecule has 2 aromatic rings. The van der Waals surface area contributed by atoms with Crippen molar-refractivity contribution in [3.63, 3.8) is 0 Å². The predicted molar refractivity (Wildman–Crippen MR) is 79.3 cm³/mol. The summed E-state index contributed by atoms with van der Waals surface area (Å²) in [6.45, 7) is 0. The number of rotatable bonds is 5. The third-order valence-electron chi connectivity index (χ3n) is 2.97. The Labute approximate surface area is 122 Å². The van der Waals surface area contributed by atoms with Crippen LogP contribution in [0.2, 0.25) is 0 Å². The Morgan fingerprint density at radius 1 is 1.05 bits per heavy atom. The van der Waals surface area contributed by atoms with E-state index in [2.05, 4.69) is 0 Å². The molecule has 0 amide bonds. The maximum absolute atomic E-state index is 12.8. The van der Waals surface area contributed by atoms with Crippen molar-refractivity contribution in [1.29, 1.82) is 0 Å². The molecule has 3 nitrogen and oxygen atoms in total. The maximum Gasteiger partial charge on any atom is 0.189 e. The Balaban J connectivity index is 2.25. The van der Waals surface area contributed by atoms with Crippen LogP contribution < -0.4 is 9.47 Å². The van der Waals surface area contributed by atoms with Gasteiger partial charge in [0.15, 0.2) is 5.78 Å². The minimum atomic E-state index is -0.312. The van der Waals surface area contributed by atoms with Crippen LogP contribution in [0, 0.1) is 5.82 Å². The van der Waals surface area contributed by atoms with E-state index in [1.807, 2.05) is 0 Å². The van der Waals surface area contributed by atoms with Crippen LogP contribution in [0.4, 0.5) is 4.39 Å². The van der Waals surface area contributed by atoms with Crippen molar-refractivity contribution in [2.24, 2.45) is 0 Å². The topological polar surface area (TPSA) is 35.5 Å². The summed E-state index contributed by atoms with van der Waals surface area (Å²) in [5.74, 6) is 0.530. The Morgan fingerprint density at radius 2 is 1.76 bits per heavy atom. The number of halogens is 1. The van der Waals surface area contributed by atoms with Crippen LogP contribution in [0.1, 0.15) is 15.9 Å². The number of ether oxygens (including phenoxy) is 2. The molecule has 0 saturated heterocycles. The van der Waals surface area contributed by atoms with Gasteiger partial charge in [0, 0.05) is 0 Å². The molecule has 0 saturated carbocycles. The maximum atomic E-state index is 12.8. The van der Waals surface area contributed by atoms with Crippen LogP contribution >= 0.6 is 0 Å². The summed E-state index contributed by atoms with van der Waals surface area (Å²) in [7, 11) is 3.03. The summed E-state index contributed by atoms with van der Waals surface area (Å²) in [6, 6.07) is 10.9. The van der Waals surface area contributed by atoms with Gasteiger partial charge in [-0.05, 0) is 42.0 Å². The average Bonchev–Trinajstić information content (AvgIpc) is 2.53. The molecule has 0 heterocycles. The molecule has 0 aliphatic carbocycles. The van der Waals surface area contributed by atoms with Gasteiger partial charge < -0.3 is 9.47 Å². The monoisotopic (exact) mass is 286 g/mol. The molecule has 0 radical (unpaired) electrons. The third kappa shape index (κ3) is 3.69. The lowest BCUT2D eigenvalue weighted by molar-refractivity contribution is 0.104. The fraction of sp³-hybridized carbons (Fsp3) is 0.118. The predicted octanol–water partition coefficient (Wildman–Crippen LogP) is 3.74. The lowest BCUT2D eigenvalue weighted by Crippen LogP contribution is -1.99. The minimum Gasteiger partial charge on any atom is -0.497 e. The smallest absolute Gasteiger partial charge is 0.189 e. The van der Waals surface area contributed by atoms with Gasteiger partial charge in [-0.15, -0.1) is 0 Å². The van der Waals surface area contributed by atoms with Crippen molar-refractivity contribution in [1.82, 2.24) is 0 Å². The molecular formula is C17H15FO3. The van der Waals surface area contributed by atoms with Crippen molar-refractivity contribution < 1.29 is 18.7 Å². The van der Waals surface area contributed by atoms with E-state index >= 15 is 0 Å². The number of hydrogen-bond acceptors (Lipinski definition) is 3. The standard InChI is InChI=1S/C17H15FO3/c1-20-14-8-10-17(21-2)15(11-14)16(19)9-5-12-3-6-13(18)7-4-12/h3-11H,1-2H3. The lowest BCUT2D eigenvalue weighted by atomic mass is 10.1. The molecule has 0 fully saturated rings. The Bertz CT molecular complexity index is 660. The number of allylic oxidation sites excluding steroid dienone is 1. The molecule has 0 atom stereocenters. The molecule has 0 unspecified atom stereocenters. The van der Waals surface area contributed by atoms with Gasteiger partial charge in [0.25, 0.3) is 0 Å². The normalized spacial score (nSPS) is 10.6. The van der Waals surface area contributed by atoms with Crippen LogP contribution in [-0.4, -0.2) is 20.0 Å². The number of methoxy groups -OCH3 is 2. The van der Waals surface area contributed by atoms with E-state index in [-0.39, 0.29) is 11.6 Å². The fourth-order valence-corrected chi connectivity index (χ4v) is 1.84. The second-order valence-corrected chi connectivity index (χ2v) is 4.32. The number of benzene rings is 2. The zero-order chi connectivity index (χ0) is 15.2. The van der Waals surface area contributed by atoms with Crippen LogP contribution in [-0.2, 0) is 0 Å². The van der Waals surface area contributed by atoms with Crippen molar-refractivity contribution >= 4 is 11.9 Å². The van der Waals surface area contributed by atoms with Crippen LogP contribution in [0.5, 0.6) is 11.5 Å². The number of hydrogen-bond donors (Lipinski definition) is 0. The van der Waals surface area contributed by atoms with E-state index in [9.17, 15) is 9.18 Å². The van der Waals surface area contributed by atoms with E-state index in [4.69, 9.17) is 9.47 Å². The summed E-state index contributed by atoms with van der Waals surface area (Å²) < 4.78 is 23.1. The van der Waals surface area contributed by atoms with Gasteiger partial charge in [0.2, 0.25) is 0 Å². The molecule has 0 N–H and O–H groups in total. The molecular weight excluding hydrogens is 271 g/mol. The summed E-state index contributed by atoms with van der Waals surface area (Å²) in [5, 5.41) is 0. The van der Waals surface area contributed by atoms with Gasteiger partial charge in [0.1, 0.15) is 17.3 Å². The first-order valence-electron chi connectivity index (χ1n) is 6.34. The summed E-state index contributed by atoms with van der Waals surface area (Å²) in [4.78, 5) is 12.2. The zero-order valence-corrected chi connectivity index (χ0v) is 11.8. The molecule has 2 rings (SSSR count). The van der Waals surface area contributed by atoms with Crippen molar-refractivity contribution in [2.45, 2.75) is 0 Å². The summed E-state index contributed by atoms with van der Waals surface area (Å²) in [5.41, 5.74) is 1.15. The molecule has 0 bridgehead atoms. The highest BCUT2D eigenvalue weighted by molar-refractivity contribution is 6.08. The molecule has 4 heteroatoms. The third-order valence-corrected chi connectivity index (χ3v) is 2.97. The van der Waals surface area contributed by atoms with E-state index in [1.165, 1.54) is 32.4 Å². The molecule has 108 valence electrons. The Kier molecular flexibility index (Phi) is 4.72. The van der Waals surface area contributed by atoms with Gasteiger partial charge in [-0.25, -0.2) is 4.39 Å². The van der Waals surface area contributed by atoms with Gasteiger partial charge >= 0.3 is 0 Å². The lowest BCUT2D eigenvalue weighted by Gasteiger charge is -2.07. The quantitative estimate of drug-likeness (QED) is 0.620. The minimum absolute atomic E-state index is 0.213. The average molecular weight is 286 g/mol. The molecule has 0 spiro atoms. The van der Waals surface area contributed by atoms with E-state index in [0.29, 0.717) is 17.1 Å². The van der Waals surface area contributed by atoms with Gasteiger partial charge in [-0.3, -0.25) is 4.79 Å². The van der Waals surface area contributed by atoms with Crippen molar-refractivity contribution in [3.8, 4) is 11.5 Å². The highest BCUT2D eigenvalue weighted by Crippen LogP contribution is 2.24. The highest BCUT2D eigenvalue weighted by Gasteiger charge is 2.11. The van der Waals surface area contributed by atoms with Crippen LogP contribution in [0.3, 0.4) is 0 Å². The molecule has 0 aromatic heterocycles. The highest BCUT2D eigenvalue weighted by atomic mass is 19.1. The largest absolute Gasteiger partial charge is 0.497 e. The molecule has 0 aliphatic rings. The van der Waals surface area contributed by atoms with Gasteiger partial charge in [-0.1, -0.05) is 18.2 Å². The Hall–Kier alpha value is -2.62. The van der Waals surface area contributed by atoms with E-state index < -0.39 is 0 Å². The number of carbonyl (C=O) groups is 1. The second-order valence-electron chi connectivity index (χ2n) is 4.32. The number of carbonyl (C=O) groups excluding carboxylic acids is 1. The first-order chi connectivity index (χ1) is 10.1. The fourth-order valence-electron chi connectivity index (χ4n) is 1.84. The summed E-state index contributed by atoms with van der Waals surface area (Å²) >= 11 is 0. The van der Waals surface area contributed by atoms with E-state index in [0.717, 1.165) is 5.56 Å². The first-order valence-corrected chi connectivity index (χ1v) is 6.34. The second kappa shape index (κ2) is 6.70. The molecule has 0 aliphatic heterocycles. The zero-order valence-electron chi connectivity index (χ0n) is 11.8. The molecule has 2 aromatic carbocycles. The van der Waals surface area contributed by atoms with E-state index in [1.54, 1.807) is 36.4 Å². The van der Waals surface area contributed by atoms with Gasteiger partial charge in [0.05, 0.1) is 19.8 Å². The first kappa shape index (κ1) is 14.8. The Morgan fingerprint density at radius 3 is 2.38 bits per heavy atom. The van der Waals surface area contributed by atoms with Crippen molar-refractivity contribution in [2.75, 3.05) is 14.2 Å².